The Labute approximate surface area is 266 Å². The molecular formula is C30H39F3N4O8S. The molecule has 2 aromatic rings. The molecular weight excluding hydrogens is 633 g/mol. The number of rotatable bonds is 8. The van der Waals surface area contributed by atoms with E-state index in [1.807, 2.05) is 11.9 Å². The second kappa shape index (κ2) is 13.9. The van der Waals surface area contributed by atoms with Gasteiger partial charge in [0.25, 0.3) is 0 Å². The number of alkyl halides is 3. The lowest BCUT2D eigenvalue weighted by molar-refractivity contribution is -0.137. The second-order valence-corrected chi connectivity index (χ2v) is 13.0. The van der Waals surface area contributed by atoms with Crippen molar-refractivity contribution in [3.05, 3.63) is 47.0 Å². The van der Waals surface area contributed by atoms with Crippen LogP contribution in [-0.2, 0) is 32.2 Å². The van der Waals surface area contributed by atoms with Crippen LogP contribution >= 0.6 is 0 Å². The summed E-state index contributed by atoms with van der Waals surface area (Å²) in [5, 5.41) is 0. The van der Waals surface area contributed by atoms with Gasteiger partial charge in [-0.2, -0.15) is 17.5 Å². The minimum atomic E-state index is -4.87. The molecule has 2 amide bonds. The number of hydrogen-bond acceptors (Lipinski definition) is 9. The molecule has 2 aliphatic rings. The molecule has 2 heterocycles. The summed E-state index contributed by atoms with van der Waals surface area (Å²) in [5.74, 6) is 0.582. The fourth-order valence-corrected chi connectivity index (χ4v) is 7.30. The first kappa shape index (κ1) is 35.1. The van der Waals surface area contributed by atoms with Crippen LogP contribution in [-0.4, -0.2) is 102 Å². The Bertz CT molecular complexity index is 1550. The highest BCUT2D eigenvalue weighted by Crippen LogP contribution is 2.46. The van der Waals surface area contributed by atoms with Gasteiger partial charge in [-0.05, 0) is 57.1 Å². The summed E-state index contributed by atoms with van der Waals surface area (Å²) < 4.78 is 92.0. The lowest BCUT2D eigenvalue weighted by atomic mass is 9.90. The second-order valence-electron chi connectivity index (χ2n) is 11.1. The lowest BCUT2D eigenvalue weighted by Gasteiger charge is -2.42. The SMILES string of the molecule is CCOC(=O)N1c2cc(OC)c(OC)cc2C(N(Cc2cc(C(F)(F)F)cc(S(=O)(=O)N3CCN(C)CC3)c2)C(=O)OC)CC1C. The number of methoxy groups -OCH3 is 3. The summed E-state index contributed by atoms with van der Waals surface area (Å²) in [7, 11) is 1.51. The summed E-state index contributed by atoms with van der Waals surface area (Å²) in [6.07, 6.45) is -6.23. The Hall–Kier alpha value is -3.76. The van der Waals surface area contributed by atoms with Crippen molar-refractivity contribution in [2.75, 3.05) is 66.1 Å². The van der Waals surface area contributed by atoms with Gasteiger partial charge in [-0.3, -0.25) is 9.80 Å². The Morgan fingerprint density at radius 1 is 0.978 bits per heavy atom. The van der Waals surface area contributed by atoms with E-state index in [-0.39, 0.29) is 37.4 Å². The van der Waals surface area contributed by atoms with Crippen molar-refractivity contribution in [3.63, 3.8) is 0 Å². The Morgan fingerprint density at radius 2 is 1.61 bits per heavy atom. The third kappa shape index (κ3) is 7.13. The molecule has 0 N–H and O–H groups in total. The van der Waals surface area contributed by atoms with E-state index in [4.69, 9.17) is 18.9 Å². The summed E-state index contributed by atoms with van der Waals surface area (Å²) in [6.45, 7) is 4.18. The van der Waals surface area contributed by atoms with Crippen LogP contribution in [0.4, 0.5) is 28.4 Å². The molecule has 0 radical (unpaired) electrons. The first-order valence-electron chi connectivity index (χ1n) is 14.6. The topological polar surface area (TPSA) is 118 Å². The largest absolute Gasteiger partial charge is 0.493 e. The molecule has 0 aromatic heterocycles. The number of fused-ring (bicyclic) bond motifs is 1. The molecule has 16 heteroatoms. The first-order chi connectivity index (χ1) is 21.7. The van der Waals surface area contributed by atoms with Crippen molar-refractivity contribution in [3.8, 4) is 11.5 Å². The molecule has 0 spiro atoms. The predicted octanol–water partition coefficient (Wildman–Crippen LogP) is 4.72. The number of halogens is 3. The molecule has 0 aliphatic carbocycles. The van der Waals surface area contributed by atoms with Crippen molar-refractivity contribution in [1.29, 1.82) is 0 Å². The minimum Gasteiger partial charge on any atom is -0.493 e. The lowest BCUT2D eigenvalue weighted by Crippen LogP contribution is -2.47. The molecule has 12 nitrogen and oxygen atoms in total. The normalized spacial score (nSPS) is 19.3. The molecule has 2 atom stereocenters. The molecule has 2 unspecified atom stereocenters. The fraction of sp³-hybridized carbons (Fsp3) is 0.533. The van der Waals surface area contributed by atoms with Crippen LogP contribution in [0.5, 0.6) is 11.5 Å². The van der Waals surface area contributed by atoms with E-state index >= 15 is 0 Å². The number of anilines is 1. The number of ether oxygens (including phenoxy) is 4. The zero-order chi connectivity index (χ0) is 34.0. The van der Waals surface area contributed by atoms with E-state index in [0.717, 1.165) is 23.5 Å². The van der Waals surface area contributed by atoms with Gasteiger partial charge in [0, 0.05) is 50.4 Å². The molecule has 1 saturated heterocycles. The van der Waals surface area contributed by atoms with Gasteiger partial charge in [-0.25, -0.2) is 18.0 Å². The van der Waals surface area contributed by atoms with Gasteiger partial charge in [0.05, 0.1) is 50.1 Å². The highest BCUT2D eigenvalue weighted by molar-refractivity contribution is 7.89. The average molecular weight is 673 g/mol. The van der Waals surface area contributed by atoms with Crippen LogP contribution in [0.15, 0.2) is 35.2 Å². The van der Waals surface area contributed by atoms with Gasteiger partial charge in [-0.1, -0.05) is 0 Å². The number of carbonyl (C=O) groups is 2. The molecule has 4 rings (SSSR count). The number of piperazine rings is 1. The minimum absolute atomic E-state index is 0.0737. The maximum absolute atomic E-state index is 14.1. The number of sulfonamides is 1. The van der Waals surface area contributed by atoms with Gasteiger partial charge in [0.1, 0.15) is 0 Å². The zero-order valence-corrected chi connectivity index (χ0v) is 27.4. The van der Waals surface area contributed by atoms with E-state index in [9.17, 15) is 31.2 Å². The average Bonchev–Trinajstić information content (AvgIpc) is 3.02. The van der Waals surface area contributed by atoms with Crippen molar-refractivity contribution in [2.45, 2.75) is 50.0 Å². The maximum Gasteiger partial charge on any atom is 0.416 e. The quantitative estimate of drug-likeness (QED) is 0.393. The smallest absolute Gasteiger partial charge is 0.416 e. The third-order valence-electron chi connectivity index (χ3n) is 8.15. The van der Waals surface area contributed by atoms with Crippen LogP contribution in [0, 0.1) is 0 Å². The number of nitrogens with zero attached hydrogens (tertiary/aromatic N) is 4. The summed E-state index contributed by atoms with van der Waals surface area (Å²) >= 11 is 0. The van der Waals surface area contributed by atoms with E-state index in [0.29, 0.717) is 36.2 Å². The van der Waals surface area contributed by atoms with Crippen molar-refractivity contribution < 1.29 is 50.1 Å². The van der Waals surface area contributed by atoms with E-state index in [2.05, 4.69) is 0 Å². The van der Waals surface area contributed by atoms with Crippen LogP contribution < -0.4 is 14.4 Å². The van der Waals surface area contributed by atoms with E-state index in [1.54, 1.807) is 26.0 Å². The van der Waals surface area contributed by atoms with Gasteiger partial charge in [0.2, 0.25) is 10.0 Å². The summed E-state index contributed by atoms with van der Waals surface area (Å²) in [5.41, 5.74) is -0.474. The van der Waals surface area contributed by atoms with E-state index in [1.165, 1.54) is 24.0 Å². The monoisotopic (exact) mass is 672 g/mol. The maximum atomic E-state index is 14.1. The highest BCUT2D eigenvalue weighted by Gasteiger charge is 2.41. The number of benzene rings is 2. The molecule has 1 fully saturated rings. The van der Waals surface area contributed by atoms with Crippen LogP contribution in [0.1, 0.15) is 43.0 Å². The molecule has 2 aliphatic heterocycles. The van der Waals surface area contributed by atoms with Crippen molar-refractivity contribution in [2.24, 2.45) is 0 Å². The fourth-order valence-electron chi connectivity index (χ4n) is 5.78. The summed E-state index contributed by atoms with van der Waals surface area (Å²) in [6, 6.07) is 4.37. The molecule has 46 heavy (non-hydrogen) atoms. The number of hydrogen-bond donors (Lipinski definition) is 0. The number of amides is 2. The molecule has 0 bridgehead atoms. The number of likely N-dealkylation sites (N-methyl/N-ethyl adjacent to an activating group) is 1. The zero-order valence-electron chi connectivity index (χ0n) is 26.6. The van der Waals surface area contributed by atoms with Crippen LogP contribution in [0.3, 0.4) is 0 Å². The Morgan fingerprint density at radius 3 is 2.17 bits per heavy atom. The predicted molar refractivity (Wildman–Crippen MR) is 162 cm³/mol. The molecule has 254 valence electrons. The Kier molecular flexibility index (Phi) is 10.6. The molecule has 2 aromatic carbocycles. The van der Waals surface area contributed by atoms with Gasteiger partial charge >= 0.3 is 18.4 Å². The molecule has 0 saturated carbocycles. The van der Waals surface area contributed by atoms with Crippen LogP contribution in [0.2, 0.25) is 0 Å². The highest BCUT2D eigenvalue weighted by atomic mass is 32.2. The van der Waals surface area contributed by atoms with E-state index < -0.39 is 57.5 Å². The van der Waals surface area contributed by atoms with Crippen molar-refractivity contribution >= 4 is 27.9 Å². The van der Waals surface area contributed by atoms with Gasteiger partial charge in [0.15, 0.2) is 11.5 Å². The first-order valence-corrected chi connectivity index (χ1v) is 16.1. The van der Waals surface area contributed by atoms with Gasteiger partial charge in [-0.15, -0.1) is 0 Å². The summed E-state index contributed by atoms with van der Waals surface area (Å²) in [4.78, 5) is 30.4. The van der Waals surface area contributed by atoms with Gasteiger partial charge < -0.3 is 23.8 Å². The van der Waals surface area contributed by atoms with Crippen LogP contribution in [0.25, 0.3) is 0 Å². The van der Waals surface area contributed by atoms with Crippen molar-refractivity contribution in [1.82, 2.24) is 14.1 Å². The standard InChI is InChI=1S/C30H39F3N4O8S/c1-7-45-29(39)37-19(2)12-24(23-16-26(42-4)27(43-5)17-25(23)37)36(28(38)44-6)18-20-13-21(30(31,32)33)15-22(14-20)46(40,41)35-10-8-34(3)9-11-35/h13-17,19,24H,7-12,18H2,1-6H3. The third-order valence-corrected chi connectivity index (χ3v) is 10.0. The Balaban J connectivity index is 1.84. The number of carbonyl (C=O) groups excluding carboxylic acids is 2.